The van der Waals surface area contributed by atoms with Crippen molar-refractivity contribution in [1.82, 2.24) is 9.97 Å². The number of nitrogens with one attached hydrogen (secondary N) is 2. The normalized spacial score (nSPS) is 10.5. The van der Waals surface area contributed by atoms with Crippen molar-refractivity contribution in [3.63, 3.8) is 0 Å². The Kier molecular flexibility index (Phi) is 4.34. The van der Waals surface area contributed by atoms with Crippen LogP contribution >= 0.6 is 0 Å². The molecular formula is C15H20N4. The van der Waals surface area contributed by atoms with Crippen LogP contribution in [0.25, 0.3) is 11.3 Å². The summed E-state index contributed by atoms with van der Waals surface area (Å²) in [5, 5.41) is 6.49. The van der Waals surface area contributed by atoms with Crippen molar-refractivity contribution in [3.8, 4) is 11.3 Å². The zero-order valence-corrected chi connectivity index (χ0v) is 11.6. The van der Waals surface area contributed by atoms with E-state index in [1.165, 1.54) is 0 Å². The Bertz CT molecular complexity index is 523. The first-order chi connectivity index (χ1) is 9.19. The molecule has 0 unspecified atom stereocenters. The van der Waals surface area contributed by atoms with Crippen molar-refractivity contribution < 1.29 is 0 Å². The van der Waals surface area contributed by atoms with E-state index in [1.807, 2.05) is 31.2 Å². The number of benzene rings is 1. The maximum atomic E-state index is 4.54. The quantitative estimate of drug-likeness (QED) is 0.861. The minimum Gasteiger partial charge on any atom is -0.368 e. The molecular weight excluding hydrogens is 236 g/mol. The Morgan fingerprint density at radius 1 is 1.11 bits per heavy atom. The molecule has 1 heterocycles. The maximum Gasteiger partial charge on any atom is 0.225 e. The lowest BCUT2D eigenvalue weighted by Gasteiger charge is -2.12. The van der Waals surface area contributed by atoms with Crippen molar-refractivity contribution in [2.45, 2.75) is 26.8 Å². The minimum absolute atomic E-state index is 0.341. The minimum atomic E-state index is 0.341. The lowest BCUT2D eigenvalue weighted by atomic mass is 10.1. The Morgan fingerprint density at radius 2 is 1.84 bits per heavy atom. The molecule has 100 valence electrons. The third-order valence-electron chi connectivity index (χ3n) is 2.57. The summed E-state index contributed by atoms with van der Waals surface area (Å²) in [5.74, 6) is 1.51. The Balaban J connectivity index is 2.39. The van der Waals surface area contributed by atoms with E-state index in [0.717, 1.165) is 23.6 Å². The molecule has 0 bridgehead atoms. The Morgan fingerprint density at radius 3 is 2.47 bits per heavy atom. The van der Waals surface area contributed by atoms with E-state index in [1.54, 1.807) is 0 Å². The molecule has 0 radical (unpaired) electrons. The van der Waals surface area contributed by atoms with Gasteiger partial charge in [-0.2, -0.15) is 4.98 Å². The van der Waals surface area contributed by atoms with Gasteiger partial charge in [-0.1, -0.05) is 30.3 Å². The lowest BCUT2D eigenvalue weighted by molar-refractivity contribution is 0.886. The second kappa shape index (κ2) is 6.18. The highest BCUT2D eigenvalue weighted by atomic mass is 15.1. The molecule has 0 saturated carbocycles. The van der Waals surface area contributed by atoms with E-state index in [2.05, 4.69) is 46.6 Å². The van der Waals surface area contributed by atoms with Gasteiger partial charge in [0.05, 0.1) is 5.69 Å². The predicted octanol–water partition coefficient (Wildman–Crippen LogP) is 3.40. The summed E-state index contributed by atoms with van der Waals surface area (Å²) < 4.78 is 0. The van der Waals surface area contributed by atoms with Crippen molar-refractivity contribution in [3.05, 3.63) is 36.4 Å². The molecule has 2 N–H and O–H groups in total. The molecule has 2 aromatic rings. The molecule has 1 aromatic heterocycles. The summed E-state index contributed by atoms with van der Waals surface area (Å²) in [7, 11) is 0. The molecule has 0 aliphatic carbocycles. The molecule has 0 spiro atoms. The molecule has 0 amide bonds. The van der Waals surface area contributed by atoms with Gasteiger partial charge in [0.25, 0.3) is 0 Å². The van der Waals surface area contributed by atoms with Crippen LogP contribution < -0.4 is 10.6 Å². The topological polar surface area (TPSA) is 49.8 Å². The molecule has 0 aliphatic heterocycles. The number of rotatable bonds is 5. The van der Waals surface area contributed by atoms with Gasteiger partial charge in [0.1, 0.15) is 5.82 Å². The van der Waals surface area contributed by atoms with Crippen molar-refractivity contribution in [2.24, 2.45) is 0 Å². The first-order valence-corrected chi connectivity index (χ1v) is 6.64. The largest absolute Gasteiger partial charge is 0.368 e. The van der Waals surface area contributed by atoms with Gasteiger partial charge in [-0.25, -0.2) is 4.98 Å². The van der Waals surface area contributed by atoms with Crippen LogP contribution in [0.2, 0.25) is 0 Å². The van der Waals surface area contributed by atoms with E-state index >= 15 is 0 Å². The standard InChI is InChI=1S/C15H20N4/c1-4-16-15-18-13(12-8-6-5-7-9-12)10-14(19-15)17-11(2)3/h5-11H,4H2,1-3H3,(H2,16,17,18,19). The van der Waals surface area contributed by atoms with Gasteiger partial charge in [-0.3, -0.25) is 0 Å². The monoisotopic (exact) mass is 256 g/mol. The number of hydrogen-bond donors (Lipinski definition) is 2. The van der Waals surface area contributed by atoms with Crippen LogP contribution in [0.15, 0.2) is 36.4 Å². The molecule has 1 aromatic carbocycles. The van der Waals surface area contributed by atoms with Gasteiger partial charge in [0.15, 0.2) is 0 Å². The average Bonchev–Trinajstić information content (AvgIpc) is 2.39. The molecule has 0 aliphatic rings. The Hall–Kier alpha value is -2.10. The fourth-order valence-corrected chi connectivity index (χ4v) is 1.81. The summed E-state index contributed by atoms with van der Waals surface area (Å²) in [4.78, 5) is 8.99. The fourth-order valence-electron chi connectivity index (χ4n) is 1.81. The van der Waals surface area contributed by atoms with Crippen LogP contribution in [0.4, 0.5) is 11.8 Å². The Labute approximate surface area is 114 Å². The van der Waals surface area contributed by atoms with Gasteiger partial charge in [0.2, 0.25) is 5.95 Å². The zero-order valence-electron chi connectivity index (χ0n) is 11.6. The summed E-state index contributed by atoms with van der Waals surface area (Å²) in [6, 6.07) is 12.5. The molecule has 4 heteroatoms. The van der Waals surface area contributed by atoms with Gasteiger partial charge >= 0.3 is 0 Å². The van der Waals surface area contributed by atoms with Gasteiger partial charge in [0, 0.05) is 24.2 Å². The third-order valence-corrected chi connectivity index (χ3v) is 2.57. The average molecular weight is 256 g/mol. The highest BCUT2D eigenvalue weighted by molar-refractivity contribution is 5.64. The van der Waals surface area contributed by atoms with Crippen LogP contribution in [0.5, 0.6) is 0 Å². The molecule has 4 nitrogen and oxygen atoms in total. The van der Waals surface area contributed by atoms with Crippen LogP contribution in [0.1, 0.15) is 20.8 Å². The van der Waals surface area contributed by atoms with E-state index < -0.39 is 0 Å². The van der Waals surface area contributed by atoms with Crippen molar-refractivity contribution in [2.75, 3.05) is 17.2 Å². The van der Waals surface area contributed by atoms with E-state index in [9.17, 15) is 0 Å². The number of nitrogens with zero attached hydrogens (tertiary/aromatic N) is 2. The molecule has 2 rings (SSSR count). The number of hydrogen-bond acceptors (Lipinski definition) is 4. The van der Waals surface area contributed by atoms with Crippen LogP contribution in [-0.4, -0.2) is 22.6 Å². The van der Waals surface area contributed by atoms with Crippen molar-refractivity contribution >= 4 is 11.8 Å². The van der Waals surface area contributed by atoms with Gasteiger partial charge in [-0.05, 0) is 20.8 Å². The highest BCUT2D eigenvalue weighted by Gasteiger charge is 2.06. The lowest BCUT2D eigenvalue weighted by Crippen LogP contribution is -2.13. The predicted molar refractivity (Wildman–Crippen MR) is 80.4 cm³/mol. The summed E-state index contributed by atoms with van der Waals surface area (Å²) >= 11 is 0. The summed E-state index contributed by atoms with van der Waals surface area (Å²) in [6.07, 6.45) is 0. The van der Waals surface area contributed by atoms with Crippen LogP contribution in [0.3, 0.4) is 0 Å². The van der Waals surface area contributed by atoms with E-state index in [4.69, 9.17) is 0 Å². The summed E-state index contributed by atoms with van der Waals surface area (Å²) in [5.41, 5.74) is 2.02. The fraction of sp³-hybridized carbons (Fsp3) is 0.333. The molecule has 0 fully saturated rings. The number of aromatic nitrogens is 2. The first kappa shape index (κ1) is 13.3. The second-order valence-electron chi connectivity index (χ2n) is 4.66. The second-order valence-corrected chi connectivity index (χ2v) is 4.66. The van der Waals surface area contributed by atoms with Gasteiger partial charge in [-0.15, -0.1) is 0 Å². The molecule has 0 atom stereocenters. The first-order valence-electron chi connectivity index (χ1n) is 6.64. The number of anilines is 2. The third kappa shape index (κ3) is 3.68. The molecule has 0 saturated heterocycles. The zero-order chi connectivity index (χ0) is 13.7. The SMILES string of the molecule is CCNc1nc(NC(C)C)cc(-c2ccccc2)n1. The van der Waals surface area contributed by atoms with Crippen molar-refractivity contribution in [1.29, 1.82) is 0 Å². The summed E-state index contributed by atoms with van der Waals surface area (Å²) in [6.45, 7) is 7.03. The van der Waals surface area contributed by atoms with Crippen LogP contribution in [-0.2, 0) is 0 Å². The van der Waals surface area contributed by atoms with Gasteiger partial charge < -0.3 is 10.6 Å². The smallest absolute Gasteiger partial charge is 0.225 e. The van der Waals surface area contributed by atoms with E-state index in [-0.39, 0.29) is 0 Å². The molecule has 19 heavy (non-hydrogen) atoms. The van der Waals surface area contributed by atoms with Crippen LogP contribution in [0, 0.1) is 0 Å². The maximum absolute atomic E-state index is 4.54. The van der Waals surface area contributed by atoms with E-state index in [0.29, 0.717) is 12.0 Å². The highest BCUT2D eigenvalue weighted by Crippen LogP contribution is 2.21.